The van der Waals surface area contributed by atoms with Crippen molar-refractivity contribution in [2.24, 2.45) is 7.05 Å². The fourth-order valence-corrected chi connectivity index (χ4v) is 3.79. The summed E-state index contributed by atoms with van der Waals surface area (Å²) in [6.45, 7) is -1.03. The molecular weight excluding hydrogens is 503 g/mol. The molecule has 0 unspecified atom stereocenters. The fourth-order valence-electron chi connectivity index (χ4n) is 3.59. The summed E-state index contributed by atoms with van der Waals surface area (Å²) in [6.07, 6.45) is 1.42. The lowest BCUT2D eigenvalue weighted by Crippen LogP contribution is -2.43. The van der Waals surface area contributed by atoms with Crippen molar-refractivity contribution in [1.29, 1.82) is 0 Å². The first-order valence-corrected chi connectivity index (χ1v) is 10.6. The summed E-state index contributed by atoms with van der Waals surface area (Å²) in [5.41, 5.74) is -1.42. The Hall–Kier alpha value is -4.39. The van der Waals surface area contributed by atoms with Crippen LogP contribution in [0.2, 0.25) is 5.02 Å². The van der Waals surface area contributed by atoms with Crippen LogP contribution >= 0.6 is 11.6 Å². The van der Waals surface area contributed by atoms with E-state index in [2.05, 4.69) is 25.1 Å². The van der Waals surface area contributed by atoms with Gasteiger partial charge in [-0.2, -0.15) is 10.1 Å². The van der Waals surface area contributed by atoms with Gasteiger partial charge in [-0.25, -0.2) is 27.3 Å². The number of rotatable bonds is 6. The van der Waals surface area contributed by atoms with Crippen LogP contribution in [0.3, 0.4) is 0 Å². The number of aryl methyl sites for hydroxylation is 1. The van der Waals surface area contributed by atoms with Gasteiger partial charge in [0, 0.05) is 36.3 Å². The maximum Gasteiger partial charge on any atom is 0.355 e. The van der Waals surface area contributed by atoms with Crippen LogP contribution in [0, 0.1) is 17.5 Å². The summed E-state index contributed by atoms with van der Waals surface area (Å²) in [5, 5.41) is 11.5. The fraction of sp³-hybridized carbons (Fsp3) is 0.136. The first kappa shape index (κ1) is 22.1. The second kappa shape index (κ2) is 9.00. The molecule has 0 atom stereocenters. The van der Waals surface area contributed by atoms with Crippen LogP contribution < -0.4 is 16.7 Å². The number of nitrogens with zero attached hydrogens (tertiary/aromatic N) is 6. The number of halogens is 4. The van der Waals surface area contributed by atoms with E-state index in [4.69, 9.17) is 13.0 Å². The van der Waals surface area contributed by atoms with Crippen LogP contribution in [-0.4, -0.2) is 29.1 Å². The molecule has 0 radical (unpaired) electrons. The average molecular weight is 519 g/mol. The number of nitrogens with one attached hydrogen (secondary N) is 1. The molecule has 0 fully saturated rings. The number of hydrogen-bond donors (Lipinski definition) is 1. The van der Waals surface area contributed by atoms with Crippen LogP contribution in [0.25, 0.3) is 10.9 Å². The standard InChI is InChI=1S/C22H15ClF3N7O3/c1-31-8-12-5-19(14(23)6-18(12)29-31)27-20-28-21(34)33(10-13-2-3-36-30-13)22(35)32(20)9-11-4-16(25)17(26)7-15(11)24/h2-8H,9-10H2,1H3,(H,27,28,34)/i3D. The van der Waals surface area contributed by atoms with Crippen LogP contribution in [0.1, 0.15) is 12.6 Å². The smallest absolute Gasteiger partial charge is 0.355 e. The Labute approximate surface area is 205 Å². The van der Waals surface area contributed by atoms with Gasteiger partial charge in [0.05, 0.1) is 29.3 Å². The molecule has 5 rings (SSSR count). The topological polar surface area (TPSA) is 113 Å². The Morgan fingerprint density at radius 2 is 1.86 bits per heavy atom. The molecule has 0 aliphatic rings. The van der Waals surface area contributed by atoms with Gasteiger partial charge in [0.25, 0.3) is 0 Å². The van der Waals surface area contributed by atoms with Crippen molar-refractivity contribution in [3.05, 3.63) is 97.5 Å². The zero-order chi connectivity index (χ0) is 26.4. The van der Waals surface area contributed by atoms with Crippen molar-refractivity contribution >= 4 is 34.1 Å². The highest BCUT2D eigenvalue weighted by Gasteiger charge is 2.19. The SMILES string of the molecule is [2H]c1cc(Cn2c(=O)nc(Nc3cc4cn(C)nc4cc3Cl)n(Cc3cc(F)c(F)cc3F)c2=O)no1. The summed E-state index contributed by atoms with van der Waals surface area (Å²) >= 11 is 6.36. The van der Waals surface area contributed by atoms with E-state index in [9.17, 15) is 22.8 Å². The first-order chi connectivity index (χ1) is 17.6. The third-order valence-corrected chi connectivity index (χ3v) is 5.60. The maximum absolute atomic E-state index is 14.5. The molecule has 3 heterocycles. The number of hydrogen-bond acceptors (Lipinski definition) is 7. The monoisotopic (exact) mass is 518 g/mol. The quantitative estimate of drug-likeness (QED) is 0.343. The average Bonchev–Trinajstić information content (AvgIpc) is 3.40. The van der Waals surface area contributed by atoms with E-state index >= 15 is 0 Å². The Bertz CT molecular complexity index is 1800. The van der Waals surface area contributed by atoms with Gasteiger partial charge < -0.3 is 9.84 Å². The molecule has 0 aliphatic heterocycles. The summed E-state index contributed by atoms with van der Waals surface area (Å²) < 4.78 is 57.0. The summed E-state index contributed by atoms with van der Waals surface area (Å²) in [5.74, 6) is -4.17. The highest BCUT2D eigenvalue weighted by Crippen LogP contribution is 2.29. The number of fused-ring (bicyclic) bond motifs is 1. The van der Waals surface area contributed by atoms with Crippen molar-refractivity contribution in [2.75, 3.05) is 5.32 Å². The minimum atomic E-state index is -1.40. The van der Waals surface area contributed by atoms with E-state index in [-0.39, 0.29) is 34.2 Å². The number of anilines is 2. The molecule has 3 aromatic heterocycles. The van der Waals surface area contributed by atoms with Gasteiger partial charge in [-0.15, -0.1) is 0 Å². The molecule has 0 spiro atoms. The second-order valence-electron chi connectivity index (χ2n) is 7.79. The molecule has 0 saturated heterocycles. The van der Waals surface area contributed by atoms with E-state index < -0.39 is 41.9 Å². The third-order valence-electron chi connectivity index (χ3n) is 5.28. The Morgan fingerprint density at radius 3 is 2.61 bits per heavy atom. The lowest BCUT2D eigenvalue weighted by atomic mass is 10.2. The lowest BCUT2D eigenvalue weighted by molar-refractivity contribution is 0.407. The predicted octanol–water partition coefficient (Wildman–Crippen LogP) is 3.19. The highest BCUT2D eigenvalue weighted by atomic mass is 35.5. The van der Waals surface area contributed by atoms with Crippen LogP contribution in [-0.2, 0) is 20.1 Å². The summed E-state index contributed by atoms with van der Waals surface area (Å²) in [6, 6.07) is 5.32. The van der Waals surface area contributed by atoms with Gasteiger partial charge >= 0.3 is 11.4 Å². The minimum Gasteiger partial charge on any atom is -0.364 e. The lowest BCUT2D eigenvalue weighted by Gasteiger charge is -2.16. The van der Waals surface area contributed by atoms with Crippen molar-refractivity contribution in [3.63, 3.8) is 0 Å². The minimum absolute atomic E-state index is 0.0855. The van der Waals surface area contributed by atoms with Gasteiger partial charge in [0.15, 0.2) is 11.6 Å². The van der Waals surface area contributed by atoms with Gasteiger partial charge in [-0.3, -0.25) is 9.25 Å². The van der Waals surface area contributed by atoms with E-state index in [1.54, 1.807) is 30.1 Å². The molecule has 0 amide bonds. The molecular formula is C22H15ClF3N7O3. The molecule has 0 saturated carbocycles. The molecule has 0 bridgehead atoms. The van der Waals surface area contributed by atoms with Gasteiger partial charge in [-0.1, -0.05) is 16.8 Å². The summed E-state index contributed by atoms with van der Waals surface area (Å²) in [4.78, 5) is 30.1. The zero-order valence-corrected chi connectivity index (χ0v) is 19.1. The van der Waals surface area contributed by atoms with Crippen LogP contribution in [0.4, 0.5) is 24.8 Å². The molecule has 2 aromatic carbocycles. The van der Waals surface area contributed by atoms with Crippen molar-refractivity contribution in [2.45, 2.75) is 13.1 Å². The Morgan fingerprint density at radius 1 is 1.08 bits per heavy atom. The molecule has 14 heteroatoms. The number of aromatic nitrogens is 6. The number of benzene rings is 2. The van der Waals surface area contributed by atoms with E-state index in [0.717, 1.165) is 4.57 Å². The van der Waals surface area contributed by atoms with Gasteiger partial charge in [0.2, 0.25) is 5.95 Å². The molecule has 1 N–H and O–H groups in total. The second-order valence-corrected chi connectivity index (χ2v) is 8.19. The van der Waals surface area contributed by atoms with E-state index in [0.29, 0.717) is 27.6 Å². The van der Waals surface area contributed by atoms with E-state index in [1.165, 1.54) is 6.07 Å². The maximum atomic E-state index is 14.5. The van der Waals surface area contributed by atoms with Crippen LogP contribution in [0.15, 0.2) is 56.9 Å². The third kappa shape index (κ3) is 4.35. The molecule has 0 aliphatic carbocycles. The Balaban J connectivity index is 1.64. The van der Waals surface area contributed by atoms with Crippen molar-refractivity contribution in [3.8, 4) is 0 Å². The Kier molecular flexibility index (Phi) is 5.52. The molecule has 5 aromatic rings. The van der Waals surface area contributed by atoms with Crippen molar-refractivity contribution in [1.82, 2.24) is 29.1 Å². The zero-order valence-electron chi connectivity index (χ0n) is 19.3. The molecule has 36 heavy (non-hydrogen) atoms. The molecule has 10 nitrogen and oxygen atoms in total. The largest absolute Gasteiger partial charge is 0.364 e. The normalized spacial score (nSPS) is 11.8. The molecule has 184 valence electrons. The van der Waals surface area contributed by atoms with Crippen molar-refractivity contribution < 1.29 is 19.1 Å². The first-order valence-electron chi connectivity index (χ1n) is 10.8. The van der Waals surface area contributed by atoms with Gasteiger partial charge in [0.1, 0.15) is 19.1 Å². The van der Waals surface area contributed by atoms with Crippen LogP contribution in [0.5, 0.6) is 0 Å². The highest BCUT2D eigenvalue weighted by molar-refractivity contribution is 6.34. The summed E-state index contributed by atoms with van der Waals surface area (Å²) in [7, 11) is 1.72. The predicted molar refractivity (Wildman–Crippen MR) is 123 cm³/mol. The van der Waals surface area contributed by atoms with Gasteiger partial charge in [-0.05, 0) is 18.2 Å². The van der Waals surface area contributed by atoms with E-state index in [1.807, 2.05) is 0 Å².